The van der Waals surface area contributed by atoms with E-state index in [4.69, 9.17) is 4.74 Å². The monoisotopic (exact) mass is 306 g/mol. The van der Waals surface area contributed by atoms with E-state index in [9.17, 15) is 4.79 Å². The lowest BCUT2D eigenvalue weighted by Crippen LogP contribution is -2.49. The van der Waals surface area contributed by atoms with Gasteiger partial charge in [0.1, 0.15) is 0 Å². The Morgan fingerprint density at radius 3 is 3.05 bits per heavy atom. The number of aryl methyl sites for hydroxylation is 1. The van der Waals surface area contributed by atoms with E-state index >= 15 is 0 Å². The Morgan fingerprint density at radius 1 is 1.45 bits per heavy atom. The fourth-order valence-corrected chi connectivity index (χ4v) is 3.41. The third kappa shape index (κ3) is 3.67. The van der Waals surface area contributed by atoms with Crippen LogP contribution in [0.25, 0.3) is 0 Å². The summed E-state index contributed by atoms with van der Waals surface area (Å²) in [5.74, 6) is 0.235. The number of carbonyl (C=O) groups is 1. The van der Waals surface area contributed by atoms with Gasteiger partial charge in [0.05, 0.1) is 32.0 Å². The second-order valence-electron chi connectivity index (χ2n) is 6.53. The second-order valence-corrected chi connectivity index (χ2v) is 6.53. The summed E-state index contributed by atoms with van der Waals surface area (Å²) in [5, 5.41) is 4.37. The number of nitrogens with zero attached hydrogens (tertiary/aromatic N) is 4. The van der Waals surface area contributed by atoms with Crippen LogP contribution in [0.15, 0.2) is 12.4 Å². The predicted octanol–water partition coefficient (Wildman–Crippen LogP) is 0.903. The molecule has 0 aromatic carbocycles. The molecule has 0 aliphatic carbocycles. The van der Waals surface area contributed by atoms with Gasteiger partial charge in [0, 0.05) is 25.3 Å². The molecular weight excluding hydrogens is 280 g/mol. The third-order valence-electron chi connectivity index (χ3n) is 4.59. The Hall–Kier alpha value is -1.40. The minimum absolute atomic E-state index is 0.152. The zero-order valence-corrected chi connectivity index (χ0v) is 13.6. The maximum absolute atomic E-state index is 12.5. The van der Waals surface area contributed by atoms with Gasteiger partial charge in [-0.15, -0.1) is 0 Å². The van der Waals surface area contributed by atoms with Crippen molar-refractivity contribution in [1.29, 1.82) is 0 Å². The van der Waals surface area contributed by atoms with Crippen molar-refractivity contribution in [3.63, 3.8) is 0 Å². The number of carbonyl (C=O) groups excluding carboxylic acids is 1. The lowest BCUT2D eigenvalue weighted by molar-refractivity contribution is -0.139. The van der Waals surface area contributed by atoms with Crippen molar-refractivity contribution in [2.45, 2.75) is 45.4 Å². The van der Waals surface area contributed by atoms with Crippen molar-refractivity contribution in [3.05, 3.63) is 18.0 Å². The van der Waals surface area contributed by atoms with Crippen molar-refractivity contribution in [2.24, 2.45) is 0 Å². The van der Waals surface area contributed by atoms with E-state index in [1.54, 1.807) is 0 Å². The highest BCUT2D eigenvalue weighted by molar-refractivity contribution is 5.78. The first kappa shape index (κ1) is 15.5. The lowest BCUT2D eigenvalue weighted by atomic mass is 10.2. The average molecular weight is 306 g/mol. The van der Waals surface area contributed by atoms with Crippen LogP contribution in [0.2, 0.25) is 0 Å². The molecule has 2 saturated heterocycles. The van der Waals surface area contributed by atoms with Gasteiger partial charge in [-0.05, 0) is 38.8 Å². The molecule has 0 bridgehead atoms. The van der Waals surface area contributed by atoms with Crippen molar-refractivity contribution in [2.75, 3.05) is 32.8 Å². The SMILES string of the molecule is Cc1cnn(C[C@H]2CCCN2CC(=O)N2CCO[C@H](C)C2)c1. The molecule has 1 aromatic rings. The highest BCUT2D eigenvalue weighted by atomic mass is 16.5. The Labute approximate surface area is 132 Å². The van der Waals surface area contributed by atoms with Crippen molar-refractivity contribution >= 4 is 5.91 Å². The van der Waals surface area contributed by atoms with Gasteiger partial charge in [0.25, 0.3) is 0 Å². The molecule has 0 unspecified atom stereocenters. The number of hydrogen-bond acceptors (Lipinski definition) is 4. The Morgan fingerprint density at radius 2 is 2.32 bits per heavy atom. The minimum atomic E-state index is 0.152. The molecule has 2 aliphatic rings. The molecule has 6 heteroatoms. The molecule has 2 fully saturated rings. The molecule has 6 nitrogen and oxygen atoms in total. The molecule has 0 N–H and O–H groups in total. The largest absolute Gasteiger partial charge is 0.375 e. The molecule has 0 radical (unpaired) electrons. The van der Waals surface area contributed by atoms with Gasteiger partial charge >= 0.3 is 0 Å². The Balaban J connectivity index is 1.55. The van der Waals surface area contributed by atoms with Gasteiger partial charge in [0.2, 0.25) is 5.91 Å². The minimum Gasteiger partial charge on any atom is -0.375 e. The number of rotatable bonds is 4. The normalized spacial score (nSPS) is 26.5. The molecule has 1 amide bonds. The standard InChI is InChI=1S/C16H26N4O2/c1-13-8-17-20(9-13)11-15-4-3-5-18(15)12-16(21)19-6-7-22-14(2)10-19/h8-9,14-15H,3-7,10-12H2,1-2H3/t14-,15-/m1/s1. The van der Waals surface area contributed by atoms with Crippen molar-refractivity contribution in [1.82, 2.24) is 19.6 Å². The molecule has 0 spiro atoms. The van der Waals surface area contributed by atoms with E-state index in [0.717, 1.165) is 39.0 Å². The predicted molar refractivity (Wildman–Crippen MR) is 83.6 cm³/mol. The first-order chi connectivity index (χ1) is 10.6. The highest BCUT2D eigenvalue weighted by Gasteiger charge is 2.29. The van der Waals surface area contributed by atoms with Gasteiger partial charge in [-0.2, -0.15) is 5.10 Å². The van der Waals surface area contributed by atoms with Crippen LogP contribution in [-0.2, 0) is 16.1 Å². The summed E-state index contributed by atoms with van der Waals surface area (Å²) >= 11 is 0. The maximum atomic E-state index is 12.5. The van der Waals surface area contributed by atoms with E-state index < -0.39 is 0 Å². The molecule has 2 aliphatic heterocycles. The Bertz CT molecular complexity index is 516. The third-order valence-corrected chi connectivity index (χ3v) is 4.59. The molecule has 22 heavy (non-hydrogen) atoms. The van der Waals surface area contributed by atoms with E-state index in [1.807, 2.05) is 22.7 Å². The summed E-state index contributed by atoms with van der Waals surface area (Å²) in [6.07, 6.45) is 6.42. The summed E-state index contributed by atoms with van der Waals surface area (Å²) in [6, 6.07) is 0.418. The van der Waals surface area contributed by atoms with Gasteiger partial charge in [-0.25, -0.2) is 0 Å². The quantitative estimate of drug-likeness (QED) is 0.829. The highest BCUT2D eigenvalue weighted by Crippen LogP contribution is 2.19. The topological polar surface area (TPSA) is 50.6 Å². The summed E-state index contributed by atoms with van der Waals surface area (Å²) < 4.78 is 7.51. The number of likely N-dealkylation sites (tertiary alicyclic amines) is 1. The molecule has 2 atom stereocenters. The number of amides is 1. The number of ether oxygens (including phenoxy) is 1. The van der Waals surface area contributed by atoms with Crippen LogP contribution in [-0.4, -0.2) is 70.4 Å². The zero-order chi connectivity index (χ0) is 15.5. The maximum Gasteiger partial charge on any atom is 0.236 e. The average Bonchev–Trinajstić information content (AvgIpc) is 3.09. The second kappa shape index (κ2) is 6.79. The fraction of sp³-hybridized carbons (Fsp3) is 0.750. The van der Waals surface area contributed by atoms with E-state index in [2.05, 4.69) is 23.1 Å². The summed E-state index contributed by atoms with van der Waals surface area (Å²) in [4.78, 5) is 16.8. The smallest absolute Gasteiger partial charge is 0.236 e. The molecule has 1 aromatic heterocycles. The van der Waals surface area contributed by atoms with Crippen LogP contribution in [0.1, 0.15) is 25.3 Å². The van der Waals surface area contributed by atoms with Crippen molar-refractivity contribution < 1.29 is 9.53 Å². The van der Waals surface area contributed by atoms with Gasteiger partial charge < -0.3 is 9.64 Å². The van der Waals surface area contributed by atoms with Crippen LogP contribution in [0.4, 0.5) is 0 Å². The molecular formula is C16H26N4O2. The molecule has 0 saturated carbocycles. The molecule has 3 heterocycles. The molecule has 122 valence electrons. The summed E-state index contributed by atoms with van der Waals surface area (Å²) in [5.41, 5.74) is 1.18. The zero-order valence-electron chi connectivity index (χ0n) is 13.6. The van der Waals surface area contributed by atoms with E-state index in [1.165, 1.54) is 5.56 Å². The number of hydrogen-bond donors (Lipinski definition) is 0. The van der Waals surface area contributed by atoms with Gasteiger partial charge in [-0.3, -0.25) is 14.4 Å². The lowest BCUT2D eigenvalue weighted by Gasteiger charge is -2.33. The molecule has 3 rings (SSSR count). The van der Waals surface area contributed by atoms with E-state index in [0.29, 0.717) is 19.2 Å². The first-order valence-corrected chi connectivity index (χ1v) is 8.24. The number of aromatic nitrogens is 2. The van der Waals surface area contributed by atoms with Crippen LogP contribution in [0.5, 0.6) is 0 Å². The van der Waals surface area contributed by atoms with Crippen LogP contribution in [0, 0.1) is 6.92 Å². The Kier molecular flexibility index (Phi) is 4.78. The summed E-state index contributed by atoms with van der Waals surface area (Å²) in [6.45, 7) is 8.59. The van der Waals surface area contributed by atoms with Gasteiger partial charge in [0.15, 0.2) is 0 Å². The van der Waals surface area contributed by atoms with Crippen LogP contribution in [0.3, 0.4) is 0 Å². The van der Waals surface area contributed by atoms with E-state index in [-0.39, 0.29) is 12.0 Å². The summed E-state index contributed by atoms with van der Waals surface area (Å²) in [7, 11) is 0. The van der Waals surface area contributed by atoms with Gasteiger partial charge in [-0.1, -0.05) is 0 Å². The van der Waals surface area contributed by atoms with Crippen LogP contribution < -0.4 is 0 Å². The number of morpholine rings is 1. The first-order valence-electron chi connectivity index (χ1n) is 8.24. The van der Waals surface area contributed by atoms with Crippen molar-refractivity contribution in [3.8, 4) is 0 Å². The van der Waals surface area contributed by atoms with Crippen LogP contribution >= 0.6 is 0 Å². The fourth-order valence-electron chi connectivity index (χ4n) is 3.41.